The molecule has 2 rings (SSSR count). The lowest BCUT2D eigenvalue weighted by Crippen LogP contribution is -2.43. The first-order chi connectivity index (χ1) is 12.3. The van der Waals surface area contributed by atoms with Gasteiger partial charge < -0.3 is 5.32 Å². The van der Waals surface area contributed by atoms with Gasteiger partial charge >= 0.3 is 0 Å². The van der Waals surface area contributed by atoms with Gasteiger partial charge in [-0.15, -0.1) is 0 Å². The Hall–Kier alpha value is -2.34. The molecule has 0 aliphatic rings. The highest BCUT2D eigenvalue weighted by molar-refractivity contribution is 7.92. The molecule has 0 bridgehead atoms. The van der Waals surface area contributed by atoms with Crippen LogP contribution in [0.3, 0.4) is 0 Å². The maximum atomic E-state index is 13.2. The summed E-state index contributed by atoms with van der Waals surface area (Å²) >= 11 is 0. The second-order valence-electron chi connectivity index (χ2n) is 6.49. The highest BCUT2D eigenvalue weighted by atomic mass is 32.2. The summed E-state index contributed by atoms with van der Waals surface area (Å²) < 4.78 is 27.7. The van der Waals surface area contributed by atoms with Crippen LogP contribution in [0.5, 0.6) is 0 Å². The molecule has 1 amide bonds. The van der Waals surface area contributed by atoms with Gasteiger partial charge in [0.05, 0.1) is 10.6 Å². The van der Waals surface area contributed by atoms with Gasteiger partial charge in [-0.3, -0.25) is 9.10 Å². The van der Waals surface area contributed by atoms with E-state index < -0.39 is 10.0 Å². The summed E-state index contributed by atoms with van der Waals surface area (Å²) in [5.74, 6) is -0.320. The van der Waals surface area contributed by atoms with Crippen molar-refractivity contribution in [3.63, 3.8) is 0 Å². The number of benzene rings is 2. The summed E-state index contributed by atoms with van der Waals surface area (Å²) in [6, 6.07) is 13.8. The first kappa shape index (κ1) is 20.0. The van der Waals surface area contributed by atoms with E-state index in [9.17, 15) is 13.2 Å². The van der Waals surface area contributed by atoms with Gasteiger partial charge in [0.25, 0.3) is 10.0 Å². The molecule has 5 nitrogen and oxygen atoms in total. The molecule has 0 aliphatic heterocycles. The van der Waals surface area contributed by atoms with Crippen LogP contribution in [0.15, 0.2) is 53.4 Å². The van der Waals surface area contributed by atoms with E-state index in [2.05, 4.69) is 5.32 Å². The molecule has 2 aromatic rings. The smallest absolute Gasteiger partial charge is 0.264 e. The molecule has 0 heterocycles. The summed E-state index contributed by atoms with van der Waals surface area (Å²) in [5.41, 5.74) is 2.25. The number of carbonyl (C=O) groups excluding carboxylic acids is 1. The van der Waals surface area contributed by atoms with Crippen molar-refractivity contribution in [2.75, 3.05) is 10.8 Å². The molecule has 26 heavy (non-hydrogen) atoms. The highest BCUT2D eigenvalue weighted by Gasteiger charge is 2.28. The monoisotopic (exact) mass is 374 g/mol. The third-order valence-corrected chi connectivity index (χ3v) is 6.05. The minimum atomic E-state index is -3.86. The number of nitrogens with one attached hydrogen (secondary N) is 1. The van der Waals surface area contributed by atoms with E-state index in [4.69, 9.17) is 0 Å². The molecule has 0 spiro atoms. The number of sulfonamides is 1. The quantitative estimate of drug-likeness (QED) is 0.808. The van der Waals surface area contributed by atoms with E-state index >= 15 is 0 Å². The lowest BCUT2D eigenvalue weighted by atomic mass is 10.1. The minimum absolute atomic E-state index is 0.0117. The van der Waals surface area contributed by atoms with Crippen molar-refractivity contribution in [3.05, 3.63) is 59.7 Å². The maximum Gasteiger partial charge on any atom is 0.264 e. The van der Waals surface area contributed by atoms with E-state index in [0.29, 0.717) is 5.69 Å². The first-order valence-corrected chi connectivity index (χ1v) is 10.1. The molecule has 1 N–H and O–H groups in total. The fourth-order valence-corrected chi connectivity index (χ4v) is 4.06. The zero-order valence-electron chi connectivity index (χ0n) is 15.7. The van der Waals surface area contributed by atoms with E-state index in [-0.39, 0.29) is 23.4 Å². The van der Waals surface area contributed by atoms with Crippen LogP contribution in [-0.2, 0) is 14.8 Å². The third kappa shape index (κ3) is 4.64. The topological polar surface area (TPSA) is 66.5 Å². The van der Waals surface area contributed by atoms with E-state index in [1.807, 2.05) is 39.8 Å². The number of anilines is 1. The molecule has 0 fully saturated rings. The molecule has 0 aromatic heterocycles. The first-order valence-electron chi connectivity index (χ1n) is 8.70. The average Bonchev–Trinajstić information content (AvgIpc) is 2.62. The predicted molar refractivity (Wildman–Crippen MR) is 105 cm³/mol. The Bertz CT molecular complexity index is 864. The molecule has 1 atom stereocenters. The fraction of sp³-hybridized carbons (Fsp3) is 0.350. The largest absolute Gasteiger partial charge is 0.352 e. The van der Waals surface area contributed by atoms with Gasteiger partial charge in [0, 0.05) is 6.04 Å². The number of aryl methyl sites for hydroxylation is 2. The van der Waals surface area contributed by atoms with Gasteiger partial charge in [-0.05, 0) is 56.5 Å². The van der Waals surface area contributed by atoms with Crippen molar-refractivity contribution in [1.82, 2.24) is 5.32 Å². The molecule has 0 aliphatic carbocycles. The molecule has 0 saturated carbocycles. The zero-order valence-corrected chi connectivity index (χ0v) is 16.5. The second kappa shape index (κ2) is 8.36. The number of rotatable bonds is 7. The summed E-state index contributed by atoms with van der Waals surface area (Å²) in [6.45, 7) is 7.34. The van der Waals surface area contributed by atoms with Crippen LogP contribution in [0.4, 0.5) is 5.69 Å². The van der Waals surface area contributed by atoms with E-state index in [0.717, 1.165) is 17.5 Å². The Kier molecular flexibility index (Phi) is 6.42. The number of amides is 1. The van der Waals surface area contributed by atoms with Crippen LogP contribution in [0.2, 0.25) is 0 Å². The molecule has 0 unspecified atom stereocenters. The molecule has 6 heteroatoms. The van der Waals surface area contributed by atoms with E-state index in [1.165, 1.54) is 4.31 Å². The minimum Gasteiger partial charge on any atom is -0.352 e. The molecular formula is C20H26N2O3S. The van der Waals surface area contributed by atoms with Gasteiger partial charge in [0.15, 0.2) is 0 Å². The summed E-state index contributed by atoms with van der Waals surface area (Å²) in [5, 5.41) is 2.84. The van der Waals surface area contributed by atoms with Gasteiger partial charge in [-0.25, -0.2) is 8.42 Å². The summed E-state index contributed by atoms with van der Waals surface area (Å²) in [6.07, 6.45) is 0.778. The average molecular weight is 375 g/mol. The molecule has 0 saturated heterocycles. The van der Waals surface area contributed by atoms with Crippen LogP contribution in [0.1, 0.15) is 31.4 Å². The number of nitrogens with zero attached hydrogens (tertiary/aromatic N) is 1. The van der Waals surface area contributed by atoms with Crippen LogP contribution >= 0.6 is 0 Å². The van der Waals surface area contributed by atoms with Crippen LogP contribution in [-0.4, -0.2) is 26.9 Å². The van der Waals surface area contributed by atoms with Crippen molar-refractivity contribution in [1.29, 1.82) is 0 Å². The van der Waals surface area contributed by atoms with Gasteiger partial charge in [0.1, 0.15) is 6.54 Å². The third-order valence-electron chi connectivity index (χ3n) is 4.27. The maximum absolute atomic E-state index is 13.2. The normalized spacial score (nSPS) is 12.5. The highest BCUT2D eigenvalue weighted by Crippen LogP contribution is 2.27. The van der Waals surface area contributed by atoms with Crippen LogP contribution in [0, 0.1) is 13.8 Å². The van der Waals surface area contributed by atoms with Gasteiger partial charge in [-0.2, -0.15) is 0 Å². The Morgan fingerprint density at radius 1 is 1.12 bits per heavy atom. The second-order valence-corrected chi connectivity index (χ2v) is 8.35. The van der Waals surface area contributed by atoms with Crippen molar-refractivity contribution in [2.24, 2.45) is 0 Å². The Morgan fingerprint density at radius 2 is 1.77 bits per heavy atom. The summed E-state index contributed by atoms with van der Waals surface area (Å²) in [7, 11) is -3.86. The van der Waals surface area contributed by atoms with Crippen molar-refractivity contribution >= 4 is 21.6 Å². The van der Waals surface area contributed by atoms with Crippen molar-refractivity contribution < 1.29 is 13.2 Å². The molecule has 2 aromatic carbocycles. The fourth-order valence-electron chi connectivity index (χ4n) is 2.56. The Balaban J connectivity index is 2.49. The number of hydrogen-bond donors (Lipinski definition) is 1. The molecular weight excluding hydrogens is 348 g/mol. The Morgan fingerprint density at radius 3 is 2.38 bits per heavy atom. The zero-order chi connectivity index (χ0) is 19.3. The summed E-state index contributed by atoms with van der Waals surface area (Å²) in [4.78, 5) is 12.6. The van der Waals surface area contributed by atoms with E-state index in [1.54, 1.807) is 36.4 Å². The lowest BCUT2D eigenvalue weighted by Gasteiger charge is -2.26. The van der Waals surface area contributed by atoms with Crippen LogP contribution < -0.4 is 9.62 Å². The van der Waals surface area contributed by atoms with Crippen molar-refractivity contribution in [3.8, 4) is 0 Å². The molecule has 140 valence electrons. The predicted octanol–water partition coefficient (Wildman–Crippen LogP) is 3.41. The van der Waals surface area contributed by atoms with Gasteiger partial charge in [0.2, 0.25) is 5.91 Å². The standard InChI is InChI=1S/C20H26N2O3S/c1-5-17(4)21-20(23)14-22(19-13-15(2)11-12-16(19)3)26(24,25)18-9-7-6-8-10-18/h6-13,17H,5,14H2,1-4H3,(H,21,23)/t17-/m1/s1. The van der Waals surface area contributed by atoms with Crippen LogP contribution in [0.25, 0.3) is 0 Å². The number of carbonyl (C=O) groups is 1. The van der Waals surface area contributed by atoms with Crippen molar-refractivity contribution in [2.45, 2.75) is 45.1 Å². The Labute approximate surface area is 156 Å². The number of hydrogen-bond acceptors (Lipinski definition) is 3. The van der Waals surface area contributed by atoms with Gasteiger partial charge in [-0.1, -0.05) is 37.3 Å². The molecule has 0 radical (unpaired) electrons. The lowest BCUT2D eigenvalue weighted by molar-refractivity contribution is -0.120. The SMILES string of the molecule is CC[C@@H](C)NC(=O)CN(c1cc(C)ccc1C)S(=O)(=O)c1ccccc1.